The van der Waals surface area contributed by atoms with Gasteiger partial charge < -0.3 is 9.47 Å². The Hall–Kier alpha value is -2.62. The van der Waals surface area contributed by atoms with Crippen molar-refractivity contribution < 1.29 is 19.2 Å². The predicted octanol–water partition coefficient (Wildman–Crippen LogP) is 4.78. The molecule has 1 heterocycles. The number of hydrogen-bond acceptors (Lipinski definition) is 7. The molecule has 0 saturated carbocycles. The van der Waals surface area contributed by atoms with E-state index in [1.807, 2.05) is 0 Å². The van der Waals surface area contributed by atoms with Gasteiger partial charge in [0.1, 0.15) is 11.3 Å². The van der Waals surface area contributed by atoms with Gasteiger partial charge in [0.25, 0.3) is 11.6 Å². The van der Waals surface area contributed by atoms with E-state index >= 15 is 0 Å². The van der Waals surface area contributed by atoms with E-state index in [0.717, 1.165) is 11.3 Å². The Bertz CT molecular complexity index is 1070. The molecule has 0 aliphatic rings. The van der Waals surface area contributed by atoms with Gasteiger partial charge in [0, 0.05) is 11.1 Å². The highest BCUT2D eigenvalue weighted by atomic mass is 35.5. The lowest BCUT2D eigenvalue weighted by Crippen LogP contribution is -2.13. The molecule has 1 N–H and O–H groups in total. The smallest absolute Gasteiger partial charge is 0.274 e. The van der Waals surface area contributed by atoms with Crippen LogP contribution in [0.25, 0.3) is 10.2 Å². The first-order valence-corrected chi connectivity index (χ1v) is 8.88. The minimum Gasteiger partial charge on any atom is -0.494 e. The summed E-state index contributed by atoms with van der Waals surface area (Å²) in [7, 11) is 2.77. The number of thiazole rings is 1. The number of methoxy groups -OCH3 is 2. The average molecular weight is 428 g/mol. The zero-order chi connectivity index (χ0) is 19.7. The summed E-state index contributed by atoms with van der Waals surface area (Å²) in [6, 6.07) is 5.51. The van der Waals surface area contributed by atoms with Crippen LogP contribution in [0.2, 0.25) is 10.0 Å². The van der Waals surface area contributed by atoms with E-state index in [1.54, 1.807) is 0 Å². The summed E-state index contributed by atoms with van der Waals surface area (Å²) < 4.78 is 10.8. The second kappa shape index (κ2) is 7.55. The van der Waals surface area contributed by atoms with Gasteiger partial charge in [-0.05, 0) is 12.1 Å². The summed E-state index contributed by atoms with van der Waals surface area (Å²) in [6.07, 6.45) is 0. The number of fused-ring (bicyclic) bond motifs is 1. The van der Waals surface area contributed by atoms with Crippen molar-refractivity contribution in [2.75, 3.05) is 19.5 Å². The SMILES string of the molecule is COc1c(Cl)cc(Cl)cc1C(=O)Nc1nc2c(OC)cc([N+](=O)[O-])cc2s1. The van der Waals surface area contributed by atoms with E-state index in [0.29, 0.717) is 10.2 Å². The first kappa shape index (κ1) is 19.2. The molecule has 0 bridgehead atoms. The standard InChI is InChI=1S/C16H11Cl2N3O5S/c1-25-11-5-8(21(23)24)6-12-13(11)19-16(27-12)20-15(22)9-3-7(17)4-10(18)14(9)26-2/h3-6H,1-2H3,(H,19,20,22). The van der Waals surface area contributed by atoms with Crippen molar-refractivity contribution in [3.05, 3.63) is 50.0 Å². The zero-order valence-corrected chi connectivity index (χ0v) is 16.2. The van der Waals surface area contributed by atoms with Crippen molar-refractivity contribution in [1.29, 1.82) is 0 Å². The number of rotatable bonds is 5. The number of nitrogens with one attached hydrogen (secondary N) is 1. The number of amides is 1. The molecule has 3 aromatic rings. The molecule has 8 nitrogen and oxygen atoms in total. The number of benzene rings is 2. The van der Waals surface area contributed by atoms with E-state index in [-0.39, 0.29) is 37.9 Å². The topological polar surface area (TPSA) is 104 Å². The first-order valence-electron chi connectivity index (χ1n) is 7.31. The third-order valence-corrected chi connectivity index (χ3v) is 4.97. The number of carbonyl (C=O) groups is 1. The fraction of sp³-hybridized carbons (Fsp3) is 0.125. The van der Waals surface area contributed by atoms with Crippen molar-refractivity contribution >= 4 is 61.5 Å². The highest BCUT2D eigenvalue weighted by Crippen LogP contribution is 2.37. The zero-order valence-electron chi connectivity index (χ0n) is 13.9. The highest BCUT2D eigenvalue weighted by molar-refractivity contribution is 7.22. The summed E-state index contributed by atoms with van der Waals surface area (Å²) >= 11 is 13.1. The molecule has 0 atom stereocenters. The number of nitro groups is 1. The minimum absolute atomic E-state index is 0.132. The number of aromatic nitrogens is 1. The number of halogens is 2. The van der Waals surface area contributed by atoms with E-state index < -0.39 is 10.8 Å². The Labute approximate surface area is 166 Å². The molecule has 0 aliphatic carbocycles. The van der Waals surface area contributed by atoms with Crippen molar-refractivity contribution in [2.45, 2.75) is 0 Å². The van der Waals surface area contributed by atoms with Crippen molar-refractivity contribution in [3.8, 4) is 11.5 Å². The van der Waals surface area contributed by atoms with Crippen LogP contribution in [0.3, 0.4) is 0 Å². The minimum atomic E-state index is -0.538. The fourth-order valence-corrected chi connectivity index (χ4v) is 3.88. The maximum Gasteiger partial charge on any atom is 0.274 e. The Morgan fingerprint density at radius 1 is 1.22 bits per heavy atom. The van der Waals surface area contributed by atoms with E-state index in [2.05, 4.69) is 10.3 Å². The van der Waals surface area contributed by atoms with Crippen LogP contribution in [-0.2, 0) is 0 Å². The van der Waals surface area contributed by atoms with E-state index in [9.17, 15) is 14.9 Å². The summed E-state index contributed by atoms with van der Waals surface area (Å²) in [6.45, 7) is 0. The third-order valence-electron chi connectivity index (χ3n) is 3.55. The lowest BCUT2D eigenvalue weighted by molar-refractivity contribution is -0.384. The van der Waals surface area contributed by atoms with E-state index in [4.69, 9.17) is 32.7 Å². The van der Waals surface area contributed by atoms with Crippen molar-refractivity contribution in [1.82, 2.24) is 4.98 Å². The number of ether oxygens (including phenoxy) is 2. The number of carbonyl (C=O) groups excluding carboxylic acids is 1. The van der Waals surface area contributed by atoms with Crippen LogP contribution in [0.1, 0.15) is 10.4 Å². The van der Waals surface area contributed by atoms with Gasteiger partial charge in [-0.2, -0.15) is 0 Å². The molecule has 0 aliphatic heterocycles. The third kappa shape index (κ3) is 3.75. The normalized spacial score (nSPS) is 10.7. The number of nitrogens with zero attached hydrogens (tertiary/aromatic N) is 2. The molecule has 0 saturated heterocycles. The van der Waals surface area contributed by atoms with Gasteiger partial charge in [-0.25, -0.2) is 4.98 Å². The molecule has 1 amide bonds. The molecule has 3 rings (SSSR count). The second-order valence-electron chi connectivity index (χ2n) is 5.19. The Kier molecular flexibility index (Phi) is 5.36. The van der Waals surface area contributed by atoms with Crippen LogP contribution < -0.4 is 14.8 Å². The van der Waals surface area contributed by atoms with Gasteiger partial charge in [0.05, 0.1) is 40.5 Å². The van der Waals surface area contributed by atoms with Gasteiger partial charge in [0.15, 0.2) is 10.9 Å². The Morgan fingerprint density at radius 2 is 1.96 bits per heavy atom. The van der Waals surface area contributed by atoms with Gasteiger partial charge in [-0.1, -0.05) is 34.5 Å². The summed E-state index contributed by atoms with van der Waals surface area (Å²) in [5, 5.41) is 14.4. The summed E-state index contributed by atoms with van der Waals surface area (Å²) in [4.78, 5) is 27.4. The lowest BCUT2D eigenvalue weighted by atomic mass is 10.2. The molecule has 1 aromatic heterocycles. The molecule has 0 radical (unpaired) electrons. The van der Waals surface area contributed by atoms with Crippen LogP contribution in [0, 0.1) is 10.1 Å². The van der Waals surface area contributed by atoms with Crippen LogP contribution >= 0.6 is 34.5 Å². The fourth-order valence-electron chi connectivity index (χ4n) is 2.40. The van der Waals surface area contributed by atoms with Crippen molar-refractivity contribution in [2.24, 2.45) is 0 Å². The number of anilines is 1. The maximum atomic E-state index is 12.6. The number of hydrogen-bond donors (Lipinski definition) is 1. The Morgan fingerprint density at radius 3 is 2.59 bits per heavy atom. The van der Waals surface area contributed by atoms with Gasteiger partial charge in [0.2, 0.25) is 0 Å². The molecule has 2 aromatic carbocycles. The molecular weight excluding hydrogens is 417 g/mol. The van der Waals surface area contributed by atoms with Crippen molar-refractivity contribution in [3.63, 3.8) is 0 Å². The highest BCUT2D eigenvalue weighted by Gasteiger charge is 2.20. The van der Waals surface area contributed by atoms with E-state index in [1.165, 1.54) is 38.5 Å². The van der Waals surface area contributed by atoms with Gasteiger partial charge in [-0.3, -0.25) is 20.2 Å². The molecule has 0 unspecified atom stereocenters. The molecule has 11 heteroatoms. The molecule has 0 spiro atoms. The summed E-state index contributed by atoms with van der Waals surface area (Å²) in [5.41, 5.74) is 0.399. The molecule has 0 fully saturated rings. The molecular formula is C16H11Cl2N3O5S. The molecule has 27 heavy (non-hydrogen) atoms. The second-order valence-corrected chi connectivity index (χ2v) is 7.07. The van der Waals surface area contributed by atoms with Gasteiger partial charge >= 0.3 is 0 Å². The maximum absolute atomic E-state index is 12.6. The molecule has 140 valence electrons. The van der Waals surface area contributed by atoms with Crippen LogP contribution in [-0.4, -0.2) is 30.0 Å². The Balaban J connectivity index is 2.00. The summed E-state index contributed by atoms with van der Waals surface area (Å²) in [5.74, 6) is -0.129. The largest absolute Gasteiger partial charge is 0.494 e. The van der Waals surface area contributed by atoms with Crippen LogP contribution in [0.4, 0.5) is 10.8 Å². The monoisotopic (exact) mass is 427 g/mol. The number of non-ortho nitro benzene ring substituents is 1. The first-order chi connectivity index (χ1) is 12.8. The van der Waals surface area contributed by atoms with Gasteiger partial charge in [-0.15, -0.1) is 0 Å². The van der Waals surface area contributed by atoms with Crippen LogP contribution in [0.5, 0.6) is 11.5 Å². The quantitative estimate of drug-likeness (QED) is 0.463. The predicted molar refractivity (Wildman–Crippen MR) is 104 cm³/mol. The lowest BCUT2D eigenvalue weighted by Gasteiger charge is -2.10. The average Bonchev–Trinajstić information content (AvgIpc) is 3.02. The number of nitro benzene ring substituents is 1. The van der Waals surface area contributed by atoms with Crippen LogP contribution in [0.15, 0.2) is 24.3 Å².